The molecule has 0 aromatic heterocycles. The lowest BCUT2D eigenvalue weighted by molar-refractivity contribution is -0.138. The number of rotatable bonds is 5. The van der Waals surface area contributed by atoms with Crippen LogP contribution in [0.15, 0.2) is 24.3 Å². The Balaban J connectivity index is 0.00000280. The van der Waals surface area contributed by atoms with Crippen LogP contribution in [0, 0.1) is 11.8 Å². The van der Waals surface area contributed by atoms with Gasteiger partial charge >= 0.3 is 0 Å². The Morgan fingerprint density at radius 2 is 1.75 bits per heavy atom. The van der Waals surface area contributed by atoms with Crippen molar-refractivity contribution in [3.05, 3.63) is 34.9 Å². The van der Waals surface area contributed by atoms with Crippen LogP contribution in [-0.2, 0) is 4.79 Å². The van der Waals surface area contributed by atoms with E-state index in [-0.39, 0.29) is 30.1 Å². The molecular weight excluding hydrogens is 397 g/mol. The molecule has 2 amide bonds. The van der Waals surface area contributed by atoms with Crippen LogP contribution < -0.4 is 5.32 Å². The summed E-state index contributed by atoms with van der Waals surface area (Å²) in [4.78, 5) is 29.6. The maximum absolute atomic E-state index is 13.0. The Kier molecular flexibility index (Phi) is 9.06. The molecule has 1 unspecified atom stereocenters. The Hall–Kier alpha value is -1.30. The van der Waals surface area contributed by atoms with Gasteiger partial charge in [0.1, 0.15) is 0 Å². The van der Waals surface area contributed by atoms with E-state index in [1.807, 2.05) is 16.8 Å². The Morgan fingerprint density at radius 3 is 2.39 bits per heavy atom. The Morgan fingerprint density at radius 1 is 1.07 bits per heavy atom. The molecule has 0 radical (unpaired) electrons. The van der Waals surface area contributed by atoms with Crippen molar-refractivity contribution >= 4 is 35.8 Å². The van der Waals surface area contributed by atoms with Gasteiger partial charge in [-0.15, -0.1) is 12.4 Å². The van der Waals surface area contributed by atoms with E-state index in [9.17, 15) is 9.59 Å². The highest BCUT2D eigenvalue weighted by atomic mass is 35.5. The number of piperidine rings is 2. The lowest BCUT2D eigenvalue weighted by atomic mass is 9.91. The first kappa shape index (κ1) is 23.0. The van der Waals surface area contributed by atoms with E-state index in [2.05, 4.69) is 5.32 Å². The summed E-state index contributed by atoms with van der Waals surface area (Å²) in [6.07, 6.45) is 5.13. The number of nitrogens with one attached hydrogen (secondary N) is 1. The molecule has 2 heterocycles. The van der Waals surface area contributed by atoms with Crippen molar-refractivity contribution in [2.24, 2.45) is 11.8 Å². The minimum Gasteiger partial charge on any atom is -0.342 e. The van der Waals surface area contributed by atoms with Crippen LogP contribution in [0.2, 0.25) is 5.02 Å². The maximum atomic E-state index is 13.0. The fraction of sp³-hybridized carbons (Fsp3) is 0.619. The van der Waals surface area contributed by atoms with Crippen molar-refractivity contribution in [3.8, 4) is 0 Å². The zero-order chi connectivity index (χ0) is 19.2. The molecule has 2 aliphatic heterocycles. The van der Waals surface area contributed by atoms with Crippen molar-refractivity contribution in [1.29, 1.82) is 0 Å². The van der Waals surface area contributed by atoms with Gasteiger partial charge in [-0.2, -0.15) is 0 Å². The number of amides is 2. The summed E-state index contributed by atoms with van der Waals surface area (Å²) in [5, 5.41) is 3.83. The SMILES string of the molecule is CNCCC1CCN(C(=O)C2CCCN(C(=O)c3ccc(Cl)cc3)C2)CC1.Cl. The van der Waals surface area contributed by atoms with Gasteiger partial charge in [-0.05, 0) is 75.9 Å². The molecule has 1 N–H and O–H groups in total. The van der Waals surface area contributed by atoms with Crippen molar-refractivity contribution < 1.29 is 9.59 Å². The summed E-state index contributed by atoms with van der Waals surface area (Å²) in [6, 6.07) is 6.98. The van der Waals surface area contributed by atoms with Gasteiger partial charge in [-0.25, -0.2) is 0 Å². The topological polar surface area (TPSA) is 52.7 Å². The van der Waals surface area contributed by atoms with Gasteiger partial charge in [-0.1, -0.05) is 11.6 Å². The summed E-state index contributed by atoms with van der Waals surface area (Å²) in [5.74, 6) is 0.880. The van der Waals surface area contributed by atoms with Gasteiger partial charge in [0.05, 0.1) is 5.92 Å². The van der Waals surface area contributed by atoms with Crippen LogP contribution in [0.4, 0.5) is 0 Å². The smallest absolute Gasteiger partial charge is 0.253 e. The molecule has 3 rings (SSSR count). The molecule has 28 heavy (non-hydrogen) atoms. The summed E-state index contributed by atoms with van der Waals surface area (Å²) in [7, 11) is 1.98. The zero-order valence-electron chi connectivity index (χ0n) is 16.5. The molecule has 0 saturated carbocycles. The Bertz CT molecular complexity index is 646. The number of hydrogen-bond donors (Lipinski definition) is 1. The molecule has 7 heteroatoms. The summed E-state index contributed by atoms with van der Waals surface area (Å²) < 4.78 is 0. The average molecular weight is 428 g/mol. The monoisotopic (exact) mass is 427 g/mol. The second-order valence-corrected chi connectivity index (χ2v) is 8.19. The summed E-state index contributed by atoms with van der Waals surface area (Å²) in [5.41, 5.74) is 0.637. The first-order valence-corrected chi connectivity index (χ1v) is 10.4. The number of halogens is 2. The number of carbonyl (C=O) groups excluding carboxylic acids is 2. The van der Waals surface area contributed by atoms with Crippen molar-refractivity contribution in [3.63, 3.8) is 0 Å². The first-order valence-electron chi connectivity index (χ1n) is 10.1. The van der Waals surface area contributed by atoms with Crippen molar-refractivity contribution in [2.45, 2.75) is 32.1 Å². The quantitative estimate of drug-likeness (QED) is 0.782. The van der Waals surface area contributed by atoms with Gasteiger partial charge in [-0.3, -0.25) is 9.59 Å². The highest BCUT2D eigenvalue weighted by Gasteiger charge is 2.33. The zero-order valence-corrected chi connectivity index (χ0v) is 18.1. The van der Waals surface area contributed by atoms with E-state index in [4.69, 9.17) is 11.6 Å². The molecule has 0 aliphatic carbocycles. The van der Waals surface area contributed by atoms with Gasteiger partial charge in [0, 0.05) is 36.8 Å². The predicted octanol–water partition coefficient (Wildman–Crippen LogP) is 3.46. The highest BCUT2D eigenvalue weighted by molar-refractivity contribution is 6.30. The van der Waals surface area contributed by atoms with Crippen molar-refractivity contribution in [1.82, 2.24) is 15.1 Å². The molecule has 1 aromatic carbocycles. The molecule has 1 atom stereocenters. The fourth-order valence-corrected chi connectivity index (χ4v) is 4.31. The molecular formula is C21H31Cl2N3O2. The number of carbonyl (C=O) groups is 2. The third-order valence-corrected chi connectivity index (χ3v) is 6.13. The number of nitrogens with zero attached hydrogens (tertiary/aromatic N) is 2. The third kappa shape index (κ3) is 5.85. The van der Waals surface area contributed by atoms with Gasteiger partial charge in [0.25, 0.3) is 5.91 Å². The molecule has 1 aromatic rings. The molecule has 0 spiro atoms. The van der Waals surface area contributed by atoms with Gasteiger partial charge < -0.3 is 15.1 Å². The van der Waals surface area contributed by atoms with E-state index in [0.717, 1.165) is 57.8 Å². The largest absolute Gasteiger partial charge is 0.342 e. The Labute approximate surface area is 179 Å². The average Bonchev–Trinajstić information content (AvgIpc) is 2.72. The number of likely N-dealkylation sites (tertiary alicyclic amines) is 2. The van der Waals surface area contributed by atoms with Crippen LogP contribution >= 0.6 is 24.0 Å². The van der Waals surface area contributed by atoms with E-state index in [1.165, 1.54) is 6.42 Å². The van der Waals surface area contributed by atoms with Gasteiger partial charge in [0.15, 0.2) is 0 Å². The van der Waals surface area contributed by atoms with Crippen LogP contribution in [0.5, 0.6) is 0 Å². The van der Waals surface area contributed by atoms with E-state index in [1.54, 1.807) is 24.3 Å². The van der Waals surface area contributed by atoms with Crippen LogP contribution in [-0.4, -0.2) is 61.4 Å². The molecule has 2 saturated heterocycles. The second-order valence-electron chi connectivity index (χ2n) is 7.76. The number of benzene rings is 1. The lowest BCUT2D eigenvalue weighted by Gasteiger charge is -2.38. The molecule has 5 nitrogen and oxygen atoms in total. The van der Waals surface area contributed by atoms with Crippen LogP contribution in [0.25, 0.3) is 0 Å². The summed E-state index contributed by atoms with van der Waals surface area (Å²) >= 11 is 5.91. The predicted molar refractivity (Wildman–Crippen MR) is 115 cm³/mol. The van der Waals surface area contributed by atoms with Crippen LogP contribution in [0.3, 0.4) is 0 Å². The normalized spacial score (nSPS) is 20.6. The minimum atomic E-state index is -0.0659. The molecule has 2 aliphatic rings. The fourth-order valence-electron chi connectivity index (χ4n) is 4.19. The standard InChI is InChI=1S/C21H30ClN3O2.ClH/c1-23-11-8-16-9-13-24(14-10-16)21(27)18-3-2-12-25(15-18)20(26)17-4-6-19(22)7-5-17;/h4-7,16,18,23H,2-3,8-15H2,1H3;1H. The van der Waals surface area contributed by atoms with E-state index < -0.39 is 0 Å². The molecule has 156 valence electrons. The highest BCUT2D eigenvalue weighted by Crippen LogP contribution is 2.25. The van der Waals surface area contributed by atoms with E-state index >= 15 is 0 Å². The van der Waals surface area contributed by atoms with Gasteiger partial charge in [0.2, 0.25) is 5.91 Å². The van der Waals surface area contributed by atoms with Crippen molar-refractivity contribution in [2.75, 3.05) is 39.8 Å². The minimum absolute atomic E-state index is 0. The van der Waals surface area contributed by atoms with E-state index in [0.29, 0.717) is 17.1 Å². The maximum Gasteiger partial charge on any atom is 0.253 e. The lowest BCUT2D eigenvalue weighted by Crippen LogP contribution is -2.48. The summed E-state index contributed by atoms with van der Waals surface area (Å²) in [6.45, 7) is 4.00. The first-order chi connectivity index (χ1) is 13.1. The number of hydrogen-bond acceptors (Lipinski definition) is 3. The second kappa shape index (κ2) is 11.0. The molecule has 2 fully saturated rings. The third-order valence-electron chi connectivity index (χ3n) is 5.88. The molecule has 0 bridgehead atoms. The van der Waals surface area contributed by atoms with Crippen LogP contribution in [0.1, 0.15) is 42.5 Å².